The number of hydrogen-bond donors (Lipinski definition) is 2. The molecular formula is C10H22N2O6. The summed E-state index contributed by atoms with van der Waals surface area (Å²) in [5.74, 6) is 0. The molecule has 1 unspecified atom stereocenters. The predicted molar refractivity (Wildman–Crippen MR) is 61.2 cm³/mol. The lowest BCUT2D eigenvalue weighted by atomic mass is 10.5. The van der Waals surface area contributed by atoms with Crippen LogP contribution in [0.2, 0.25) is 0 Å². The zero-order chi connectivity index (χ0) is 14.1. The van der Waals surface area contributed by atoms with Gasteiger partial charge in [0.05, 0.1) is 12.7 Å². The van der Waals surface area contributed by atoms with Crippen LogP contribution >= 0.6 is 0 Å². The lowest BCUT2D eigenvalue weighted by molar-refractivity contribution is -0.473. The molecule has 0 aromatic carbocycles. The molecule has 0 saturated heterocycles. The van der Waals surface area contributed by atoms with E-state index >= 15 is 0 Å². The first-order valence-corrected chi connectivity index (χ1v) is 5.79. The van der Waals surface area contributed by atoms with E-state index in [1.807, 2.05) is 0 Å². The van der Waals surface area contributed by atoms with Gasteiger partial charge in [-0.25, -0.2) is 9.63 Å². The predicted octanol–water partition coefficient (Wildman–Crippen LogP) is 0.746. The summed E-state index contributed by atoms with van der Waals surface area (Å²) in [7, 11) is 0. The molecule has 18 heavy (non-hydrogen) atoms. The molecule has 0 aliphatic heterocycles. The van der Waals surface area contributed by atoms with Crippen LogP contribution in [0.1, 0.15) is 27.7 Å². The first kappa shape index (κ1) is 17.1. The summed E-state index contributed by atoms with van der Waals surface area (Å²) in [5.41, 5.74) is 0. The van der Waals surface area contributed by atoms with E-state index < -0.39 is 12.4 Å². The Morgan fingerprint density at radius 1 is 1.28 bits per heavy atom. The molecule has 0 radical (unpaired) electrons. The van der Waals surface area contributed by atoms with Crippen molar-refractivity contribution in [2.75, 3.05) is 19.7 Å². The van der Waals surface area contributed by atoms with E-state index in [1.165, 1.54) is 11.9 Å². The van der Waals surface area contributed by atoms with Crippen molar-refractivity contribution in [2.24, 2.45) is 0 Å². The summed E-state index contributed by atoms with van der Waals surface area (Å²) in [6.07, 6.45) is -2.19. The molecule has 0 amide bonds. The molecule has 8 nitrogen and oxygen atoms in total. The van der Waals surface area contributed by atoms with E-state index in [2.05, 4.69) is 0 Å². The van der Waals surface area contributed by atoms with Crippen molar-refractivity contribution in [3.05, 3.63) is 0 Å². The third-order valence-corrected chi connectivity index (χ3v) is 1.80. The normalized spacial score (nSPS) is 13.2. The lowest BCUT2D eigenvalue weighted by Gasteiger charge is -2.28. The highest BCUT2D eigenvalue weighted by Gasteiger charge is 2.19. The molecule has 0 heterocycles. The number of carbonyl (C=O) groups is 1. The largest absolute Gasteiger partial charge is 0.510 e. The van der Waals surface area contributed by atoms with E-state index in [1.54, 1.807) is 20.8 Å². The summed E-state index contributed by atoms with van der Waals surface area (Å²) in [4.78, 5) is 16.0. The molecule has 0 aromatic heterocycles. The Morgan fingerprint density at radius 2 is 1.89 bits per heavy atom. The highest BCUT2D eigenvalue weighted by atomic mass is 17.0. The van der Waals surface area contributed by atoms with Gasteiger partial charge >= 0.3 is 6.16 Å². The third kappa shape index (κ3) is 7.41. The molecular weight excluding hydrogens is 244 g/mol. The van der Waals surface area contributed by atoms with Crippen molar-refractivity contribution in [2.45, 2.75) is 40.1 Å². The van der Waals surface area contributed by atoms with E-state index in [0.29, 0.717) is 11.9 Å². The Bertz CT molecular complexity index is 238. The third-order valence-electron chi connectivity index (χ3n) is 1.80. The van der Waals surface area contributed by atoms with Crippen LogP contribution in [0.25, 0.3) is 0 Å². The Labute approximate surface area is 107 Å². The quantitative estimate of drug-likeness (QED) is 0.378. The fourth-order valence-corrected chi connectivity index (χ4v) is 1.06. The topological polar surface area (TPSA) is 91.7 Å². The van der Waals surface area contributed by atoms with Gasteiger partial charge in [-0.15, -0.1) is 0 Å². The van der Waals surface area contributed by atoms with Crippen molar-refractivity contribution >= 4 is 6.16 Å². The first-order chi connectivity index (χ1) is 8.40. The fraction of sp³-hybridized carbons (Fsp3) is 0.900. The standard InChI is InChI=1S/C10H22N2O6/c1-5-11(6-7-13)12(15)18-9(4)17-10(14)16-8(2)3/h8-9,13,15H,5-7H2,1-4H3. The van der Waals surface area contributed by atoms with Crippen LogP contribution in [0.3, 0.4) is 0 Å². The summed E-state index contributed by atoms with van der Waals surface area (Å²) in [6, 6.07) is 0. The van der Waals surface area contributed by atoms with Crippen molar-refractivity contribution in [1.29, 1.82) is 0 Å². The van der Waals surface area contributed by atoms with Gasteiger partial charge in [0, 0.05) is 25.3 Å². The van der Waals surface area contributed by atoms with Crippen LogP contribution in [0, 0.1) is 0 Å². The lowest BCUT2D eigenvalue weighted by Crippen LogP contribution is -2.44. The number of rotatable bonds is 8. The van der Waals surface area contributed by atoms with Gasteiger partial charge in [0.2, 0.25) is 6.29 Å². The molecule has 0 saturated carbocycles. The minimum absolute atomic E-state index is 0.140. The van der Waals surface area contributed by atoms with Gasteiger partial charge < -0.3 is 14.6 Å². The van der Waals surface area contributed by atoms with Crippen molar-refractivity contribution in [3.63, 3.8) is 0 Å². The second kappa shape index (κ2) is 9.06. The van der Waals surface area contributed by atoms with Crippen LogP contribution in [-0.4, -0.2) is 58.9 Å². The van der Waals surface area contributed by atoms with Crippen LogP contribution in [0.15, 0.2) is 0 Å². The molecule has 1 atom stereocenters. The van der Waals surface area contributed by atoms with Crippen molar-refractivity contribution in [1.82, 2.24) is 10.3 Å². The number of hydrogen-bond acceptors (Lipinski definition) is 8. The number of aliphatic hydroxyl groups excluding tert-OH is 1. The summed E-state index contributed by atoms with van der Waals surface area (Å²) >= 11 is 0. The molecule has 108 valence electrons. The number of nitrogens with zero attached hydrogens (tertiary/aromatic N) is 2. The number of carbonyl (C=O) groups excluding carboxylic acids is 1. The first-order valence-electron chi connectivity index (χ1n) is 5.79. The molecule has 0 bridgehead atoms. The maximum Gasteiger partial charge on any atom is 0.510 e. The molecule has 0 aliphatic rings. The van der Waals surface area contributed by atoms with Gasteiger partial charge in [0.1, 0.15) is 0 Å². The Morgan fingerprint density at radius 3 is 2.33 bits per heavy atom. The molecule has 0 fully saturated rings. The summed E-state index contributed by atoms with van der Waals surface area (Å²) in [6.45, 7) is 7.03. The fourth-order valence-electron chi connectivity index (χ4n) is 1.06. The highest BCUT2D eigenvalue weighted by Crippen LogP contribution is 2.03. The van der Waals surface area contributed by atoms with Gasteiger partial charge in [-0.1, -0.05) is 6.92 Å². The monoisotopic (exact) mass is 266 g/mol. The average molecular weight is 266 g/mol. The maximum atomic E-state index is 11.1. The Balaban J connectivity index is 4.05. The minimum Gasteiger partial charge on any atom is -0.432 e. The SMILES string of the molecule is CCN(CCO)N(O)OC(C)OC(=O)OC(C)C. The van der Waals surface area contributed by atoms with E-state index in [9.17, 15) is 10.0 Å². The van der Waals surface area contributed by atoms with Gasteiger partial charge in [-0.3, -0.25) is 5.21 Å². The second-order valence-corrected chi connectivity index (χ2v) is 3.73. The second-order valence-electron chi connectivity index (χ2n) is 3.73. The van der Waals surface area contributed by atoms with Crippen molar-refractivity contribution in [3.8, 4) is 0 Å². The highest BCUT2D eigenvalue weighted by molar-refractivity contribution is 5.60. The van der Waals surface area contributed by atoms with E-state index in [-0.39, 0.29) is 19.3 Å². The molecule has 2 N–H and O–H groups in total. The van der Waals surface area contributed by atoms with Crippen LogP contribution in [0.5, 0.6) is 0 Å². The Hall–Kier alpha value is -0.930. The van der Waals surface area contributed by atoms with Crippen LogP contribution < -0.4 is 0 Å². The smallest absolute Gasteiger partial charge is 0.432 e. The zero-order valence-corrected chi connectivity index (χ0v) is 11.2. The van der Waals surface area contributed by atoms with Crippen molar-refractivity contribution < 1.29 is 29.4 Å². The summed E-state index contributed by atoms with van der Waals surface area (Å²) in [5, 5.41) is 20.0. The molecule has 0 rings (SSSR count). The number of hydrazine groups is 1. The van der Waals surface area contributed by atoms with Gasteiger partial charge in [0.25, 0.3) is 0 Å². The van der Waals surface area contributed by atoms with E-state index in [0.717, 1.165) is 0 Å². The zero-order valence-electron chi connectivity index (χ0n) is 11.2. The van der Waals surface area contributed by atoms with Gasteiger partial charge in [-0.05, 0) is 13.8 Å². The molecule has 8 heteroatoms. The maximum absolute atomic E-state index is 11.1. The van der Waals surface area contributed by atoms with Crippen LogP contribution in [0.4, 0.5) is 4.79 Å². The molecule has 0 aromatic rings. The summed E-state index contributed by atoms with van der Waals surface area (Å²) < 4.78 is 9.47. The number of aliphatic hydroxyl groups is 1. The Kier molecular flexibility index (Phi) is 8.59. The van der Waals surface area contributed by atoms with E-state index in [4.69, 9.17) is 19.4 Å². The average Bonchev–Trinajstić information content (AvgIpc) is 2.23. The molecule has 0 spiro atoms. The van der Waals surface area contributed by atoms with Gasteiger partial charge in [-0.2, -0.15) is 5.01 Å². The number of ether oxygens (including phenoxy) is 2. The molecule has 0 aliphatic carbocycles. The van der Waals surface area contributed by atoms with Gasteiger partial charge in [0.15, 0.2) is 0 Å². The minimum atomic E-state index is -1.02. The number of likely N-dealkylation sites (N-methyl/N-ethyl adjacent to an activating group) is 1. The van der Waals surface area contributed by atoms with Crippen LogP contribution in [-0.2, 0) is 14.3 Å².